The predicted molar refractivity (Wildman–Crippen MR) is 37.2 cm³/mol. The molecule has 0 radical (unpaired) electrons. The second kappa shape index (κ2) is 12.0. The van der Waals surface area contributed by atoms with Crippen molar-refractivity contribution in [3.8, 4) is 0 Å². The van der Waals surface area contributed by atoms with Crippen molar-refractivity contribution in [3.63, 3.8) is 0 Å². The van der Waals surface area contributed by atoms with Gasteiger partial charge in [-0.05, 0) is 0 Å². The fraction of sp³-hybridized carbons (Fsp3) is 0.500. The van der Waals surface area contributed by atoms with Gasteiger partial charge >= 0.3 is 96.9 Å². The minimum absolute atomic E-state index is 0. The van der Waals surface area contributed by atoms with E-state index in [1.165, 1.54) is 0 Å². The van der Waals surface area contributed by atoms with E-state index in [1.807, 2.05) is 0 Å². The molecule has 0 amide bonds. The Morgan fingerprint density at radius 1 is 0.800 bits per heavy atom. The summed E-state index contributed by atoms with van der Waals surface area (Å²) in [4.78, 5) is 30.6. The van der Waals surface area contributed by atoms with Crippen molar-refractivity contribution in [2.45, 2.75) is 0 Å². The standard InChI is InChI=1S/C6H9NO6.K.Sr/c8-4(9)1-7(2-5(10)11)3-6(12)13;;/h1-3H2,(H,8,9)(H,10,11)(H,12,13);;/q;+1;+2/p-3. The molecule has 0 aliphatic carbocycles. The van der Waals surface area contributed by atoms with Gasteiger partial charge in [0.15, 0.2) is 0 Å². The first-order valence-corrected chi connectivity index (χ1v) is 3.23. The first-order chi connectivity index (χ1) is 5.91. The van der Waals surface area contributed by atoms with E-state index in [0.29, 0.717) is 4.90 Å². The van der Waals surface area contributed by atoms with Crippen LogP contribution in [0.15, 0.2) is 0 Å². The third-order valence-corrected chi connectivity index (χ3v) is 1.06. The molecule has 0 saturated carbocycles. The first kappa shape index (κ1) is 21.7. The van der Waals surface area contributed by atoms with E-state index in [9.17, 15) is 29.7 Å². The summed E-state index contributed by atoms with van der Waals surface area (Å²) < 4.78 is 0. The van der Waals surface area contributed by atoms with Crippen molar-refractivity contribution >= 4 is 63.4 Å². The van der Waals surface area contributed by atoms with Gasteiger partial charge in [0, 0.05) is 19.6 Å². The van der Waals surface area contributed by atoms with Gasteiger partial charge in [0.25, 0.3) is 0 Å². The number of hydrogen-bond donors (Lipinski definition) is 0. The third kappa shape index (κ3) is 15.5. The van der Waals surface area contributed by atoms with Crippen LogP contribution < -0.4 is 66.7 Å². The average molecular weight is 315 g/mol. The van der Waals surface area contributed by atoms with Crippen LogP contribution >= 0.6 is 0 Å². The van der Waals surface area contributed by atoms with Crippen LogP contribution in [0.1, 0.15) is 0 Å². The Morgan fingerprint density at radius 2 is 1.00 bits per heavy atom. The van der Waals surface area contributed by atoms with Crippen molar-refractivity contribution in [2.24, 2.45) is 0 Å². The summed E-state index contributed by atoms with van der Waals surface area (Å²) in [6.07, 6.45) is 0. The van der Waals surface area contributed by atoms with Gasteiger partial charge in [-0.15, -0.1) is 0 Å². The van der Waals surface area contributed by atoms with Crippen LogP contribution in [0.25, 0.3) is 0 Å². The summed E-state index contributed by atoms with van der Waals surface area (Å²) in [6.45, 7) is -2.37. The number of hydrogen-bond acceptors (Lipinski definition) is 7. The number of carboxylic acid groups (broad SMARTS) is 3. The van der Waals surface area contributed by atoms with Crippen molar-refractivity contribution in [3.05, 3.63) is 0 Å². The molecule has 0 spiro atoms. The second-order valence-corrected chi connectivity index (χ2v) is 2.26. The maximum absolute atomic E-state index is 9.99. The molecular weight excluding hydrogens is 309 g/mol. The molecule has 0 bridgehead atoms. The maximum atomic E-state index is 9.99. The number of rotatable bonds is 6. The number of carbonyl (C=O) groups excluding carboxylic acids is 3. The average Bonchev–Trinajstić information content (AvgIpc) is 1.80. The zero-order valence-corrected chi connectivity index (χ0v) is 14.8. The van der Waals surface area contributed by atoms with E-state index >= 15 is 0 Å². The quantitative estimate of drug-likeness (QED) is 0.446. The van der Waals surface area contributed by atoms with Gasteiger partial charge in [-0.2, -0.15) is 0 Å². The first-order valence-electron chi connectivity index (χ1n) is 3.23. The second-order valence-electron chi connectivity index (χ2n) is 2.26. The molecule has 0 unspecified atom stereocenters. The Balaban J connectivity index is -0.000000720. The fourth-order valence-electron chi connectivity index (χ4n) is 0.715. The van der Waals surface area contributed by atoms with Crippen molar-refractivity contribution in [2.75, 3.05) is 19.6 Å². The Hall–Kier alpha value is 1.49. The van der Waals surface area contributed by atoms with E-state index in [2.05, 4.69) is 0 Å². The maximum Gasteiger partial charge on any atom is 2.00 e. The van der Waals surface area contributed by atoms with Gasteiger partial charge in [0.2, 0.25) is 0 Å². The molecule has 0 rings (SSSR count). The van der Waals surface area contributed by atoms with E-state index in [4.69, 9.17) is 0 Å². The molecule has 0 aromatic heterocycles. The van der Waals surface area contributed by atoms with Crippen LogP contribution in [0.2, 0.25) is 0 Å². The minimum Gasteiger partial charge on any atom is -0.549 e. The Morgan fingerprint density at radius 3 is 1.13 bits per heavy atom. The molecule has 0 atom stereocenters. The summed E-state index contributed by atoms with van der Waals surface area (Å²) in [6, 6.07) is 0. The summed E-state index contributed by atoms with van der Waals surface area (Å²) >= 11 is 0. The Kier molecular flexibility index (Phi) is 17.3. The molecule has 0 aliphatic rings. The van der Waals surface area contributed by atoms with E-state index in [-0.39, 0.29) is 96.9 Å². The normalized spacial score (nSPS) is 8.60. The molecule has 74 valence electrons. The molecule has 0 heterocycles. The van der Waals surface area contributed by atoms with E-state index < -0.39 is 37.5 Å². The van der Waals surface area contributed by atoms with Gasteiger partial charge < -0.3 is 29.7 Å². The molecule has 15 heavy (non-hydrogen) atoms. The van der Waals surface area contributed by atoms with Gasteiger partial charge in [-0.3, -0.25) is 4.90 Å². The van der Waals surface area contributed by atoms with Gasteiger partial charge in [-0.25, -0.2) is 0 Å². The Labute approximate surface area is 166 Å². The Bertz CT molecular complexity index is 198. The smallest absolute Gasteiger partial charge is 0.549 e. The fourth-order valence-corrected chi connectivity index (χ4v) is 0.715. The number of nitrogens with zero attached hydrogens (tertiary/aromatic N) is 1. The number of carbonyl (C=O) groups is 3. The van der Waals surface area contributed by atoms with Crippen molar-refractivity contribution in [1.29, 1.82) is 0 Å². The predicted octanol–water partition coefficient (Wildman–Crippen LogP) is -8.84. The molecule has 0 N–H and O–H groups in total. The SMILES string of the molecule is O=C([O-])CN(CC(=O)[O-])CC(=O)[O-].[K+].[Sr+2]. The summed E-state index contributed by atoms with van der Waals surface area (Å²) in [5, 5.41) is 30.0. The van der Waals surface area contributed by atoms with Gasteiger partial charge in [0.05, 0.1) is 17.9 Å². The molecule has 0 aromatic carbocycles. The number of carboxylic acids is 3. The summed E-state index contributed by atoms with van der Waals surface area (Å²) in [5.41, 5.74) is 0. The number of aliphatic carboxylic acids is 3. The van der Waals surface area contributed by atoms with Gasteiger partial charge in [-0.1, -0.05) is 0 Å². The molecule has 9 heteroatoms. The molecule has 7 nitrogen and oxygen atoms in total. The molecule has 0 aliphatic heterocycles. The van der Waals surface area contributed by atoms with Crippen LogP contribution in [0.3, 0.4) is 0 Å². The topological polar surface area (TPSA) is 124 Å². The largest absolute Gasteiger partial charge is 2.00 e. The van der Waals surface area contributed by atoms with Crippen LogP contribution in [0, 0.1) is 0 Å². The summed E-state index contributed by atoms with van der Waals surface area (Å²) in [5.74, 6) is -4.70. The van der Waals surface area contributed by atoms with Crippen molar-refractivity contribution in [1.82, 2.24) is 4.90 Å². The van der Waals surface area contributed by atoms with Crippen LogP contribution in [0.4, 0.5) is 0 Å². The molecule has 0 aromatic rings. The van der Waals surface area contributed by atoms with E-state index in [0.717, 1.165) is 0 Å². The van der Waals surface area contributed by atoms with Crippen molar-refractivity contribution < 1.29 is 81.1 Å². The van der Waals surface area contributed by atoms with Crippen LogP contribution in [-0.2, 0) is 14.4 Å². The molecule has 0 saturated heterocycles. The minimum atomic E-state index is -1.57. The van der Waals surface area contributed by atoms with Gasteiger partial charge in [0.1, 0.15) is 0 Å². The van der Waals surface area contributed by atoms with E-state index in [1.54, 1.807) is 0 Å². The monoisotopic (exact) mass is 315 g/mol. The third-order valence-electron chi connectivity index (χ3n) is 1.06. The molecule has 0 fully saturated rings. The molecular formula is C6H6KNO6Sr. The zero-order valence-electron chi connectivity index (χ0n) is 8.23. The van der Waals surface area contributed by atoms with Crippen LogP contribution in [0.5, 0.6) is 0 Å². The zero-order chi connectivity index (χ0) is 10.4. The van der Waals surface area contributed by atoms with Crippen LogP contribution in [-0.4, -0.2) is 87.9 Å². The summed E-state index contributed by atoms with van der Waals surface area (Å²) in [7, 11) is 0.